The van der Waals surface area contributed by atoms with Gasteiger partial charge in [0.25, 0.3) is 5.56 Å². The van der Waals surface area contributed by atoms with Gasteiger partial charge in [-0.1, -0.05) is 0 Å². The molecule has 0 aliphatic rings. The van der Waals surface area contributed by atoms with Gasteiger partial charge in [-0.25, -0.2) is 9.36 Å². The Morgan fingerprint density at radius 1 is 1.41 bits per heavy atom. The molecule has 6 N–H and O–H groups in total. The van der Waals surface area contributed by atoms with E-state index in [4.69, 9.17) is 20.0 Å². The number of aldehydes is 1. The van der Waals surface area contributed by atoms with Gasteiger partial charge in [0.1, 0.15) is 18.5 Å². The molecule has 0 amide bonds. The highest BCUT2D eigenvalue weighted by Crippen LogP contribution is 2.38. The average molecular weight is 340 g/mol. The molecule has 0 fully saturated rings. The fraction of sp³-hybridized carbons (Fsp3) is 0.500. The van der Waals surface area contributed by atoms with Crippen LogP contribution in [0.1, 0.15) is 12.0 Å². The Morgan fingerprint density at radius 3 is 2.36 bits per heavy atom. The molecular weight excluding hydrogens is 323 g/mol. The maximum absolute atomic E-state index is 10.6. The van der Waals surface area contributed by atoms with E-state index >= 15 is 0 Å². The van der Waals surface area contributed by atoms with Crippen LogP contribution in [0.4, 0.5) is 0 Å². The maximum Gasteiger partial charge on any atom is 0.469 e. The number of phosphoric ester groups is 1. The van der Waals surface area contributed by atoms with Crippen molar-refractivity contribution in [2.75, 3.05) is 6.61 Å². The number of aromatic amines is 2. The van der Waals surface area contributed by atoms with Crippen LogP contribution in [-0.4, -0.2) is 55.1 Å². The van der Waals surface area contributed by atoms with E-state index in [2.05, 4.69) is 14.5 Å². The monoisotopic (exact) mass is 340 g/mol. The summed E-state index contributed by atoms with van der Waals surface area (Å²) in [4.78, 5) is 52.0. The molecule has 0 bridgehead atoms. The quantitative estimate of drug-likeness (QED) is 0.246. The zero-order valence-corrected chi connectivity index (χ0v) is 12.4. The van der Waals surface area contributed by atoms with Crippen molar-refractivity contribution in [2.45, 2.75) is 25.6 Å². The second-order valence-corrected chi connectivity index (χ2v) is 5.23. The van der Waals surface area contributed by atoms with Crippen molar-refractivity contribution >= 4 is 14.1 Å². The number of nitrogens with one attached hydrogen (secondary N) is 2. The molecule has 22 heavy (non-hydrogen) atoms. The lowest BCUT2D eigenvalue weighted by atomic mass is 10.2. The average Bonchev–Trinajstić information content (AvgIpc) is 2.41. The number of hydrogen-bond donors (Lipinski definition) is 6. The number of phosphoric acid groups is 1. The third-order valence-electron chi connectivity index (χ3n) is 2.22. The number of aliphatic hydroxyl groups is 2. The highest BCUT2D eigenvalue weighted by atomic mass is 31.2. The minimum atomic E-state index is -4.75. The predicted octanol–water partition coefficient (Wildman–Crippen LogP) is -2.22. The van der Waals surface area contributed by atoms with Crippen LogP contribution in [0.25, 0.3) is 0 Å². The number of rotatable bonds is 6. The molecule has 1 aromatic rings. The molecule has 2 atom stereocenters. The molecule has 0 spiro atoms. The standard InChI is InChI=1S/C5H6N2O2.C5H11O7P/c1-3-2-6-5(9)7-4(3)8;6-2-1-5(4(8)3-7)12-13(9,10)11/h2H,1H3,(H2,6,7,8,9);2,4-5,7-8H,1,3H2,(H2,9,10,11)/t;4-,5+/m.1/s1. The Kier molecular flexibility index (Phi) is 8.72. The first kappa shape index (κ1) is 20.4. The first-order valence-electron chi connectivity index (χ1n) is 5.85. The number of carbonyl (C=O) groups is 1. The van der Waals surface area contributed by atoms with Crippen LogP contribution in [0.2, 0.25) is 0 Å². The van der Waals surface area contributed by atoms with Crippen LogP contribution >= 0.6 is 7.82 Å². The zero-order valence-electron chi connectivity index (χ0n) is 11.5. The zero-order chi connectivity index (χ0) is 17.3. The molecule has 0 saturated heterocycles. The Balaban J connectivity index is 0.000000425. The number of H-pyrrole nitrogens is 2. The van der Waals surface area contributed by atoms with Crippen LogP contribution in [0.15, 0.2) is 15.8 Å². The molecule has 1 rings (SSSR count). The molecule has 0 unspecified atom stereocenters. The second-order valence-electron chi connectivity index (χ2n) is 4.04. The molecular formula is C10H17N2O9P. The van der Waals surface area contributed by atoms with Crippen LogP contribution < -0.4 is 11.2 Å². The summed E-state index contributed by atoms with van der Waals surface area (Å²) in [6.45, 7) is 0.882. The van der Waals surface area contributed by atoms with Crippen LogP contribution in [-0.2, 0) is 13.9 Å². The molecule has 0 aliphatic carbocycles. The summed E-state index contributed by atoms with van der Waals surface area (Å²) in [7, 11) is -4.75. The van der Waals surface area contributed by atoms with Crippen LogP contribution in [0.5, 0.6) is 0 Å². The Morgan fingerprint density at radius 2 is 2.00 bits per heavy atom. The smallest absolute Gasteiger partial charge is 0.394 e. The van der Waals surface area contributed by atoms with E-state index in [9.17, 15) is 18.9 Å². The van der Waals surface area contributed by atoms with E-state index in [0.29, 0.717) is 11.8 Å². The van der Waals surface area contributed by atoms with E-state index in [1.807, 2.05) is 0 Å². The summed E-state index contributed by atoms with van der Waals surface area (Å²) in [5.41, 5.74) is -0.293. The summed E-state index contributed by atoms with van der Waals surface area (Å²) < 4.78 is 14.4. The van der Waals surface area contributed by atoms with Crippen molar-refractivity contribution in [3.8, 4) is 0 Å². The molecule has 1 aromatic heterocycles. The number of aromatic nitrogens is 2. The van der Waals surface area contributed by atoms with Gasteiger partial charge in [-0.15, -0.1) is 0 Å². The Hall–Kier alpha value is -1.62. The van der Waals surface area contributed by atoms with Gasteiger partial charge in [0.15, 0.2) is 0 Å². The van der Waals surface area contributed by atoms with Gasteiger partial charge in [0.2, 0.25) is 0 Å². The maximum atomic E-state index is 10.6. The van der Waals surface area contributed by atoms with E-state index in [0.717, 1.165) is 0 Å². The lowest BCUT2D eigenvalue weighted by Crippen LogP contribution is -2.31. The van der Waals surface area contributed by atoms with Gasteiger partial charge < -0.3 is 29.8 Å². The largest absolute Gasteiger partial charge is 0.469 e. The molecule has 0 radical (unpaired) electrons. The fourth-order valence-electron chi connectivity index (χ4n) is 1.14. The van der Waals surface area contributed by atoms with Crippen molar-refractivity contribution in [3.05, 3.63) is 32.6 Å². The molecule has 126 valence electrons. The summed E-state index contributed by atoms with van der Waals surface area (Å²) >= 11 is 0. The van der Waals surface area contributed by atoms with E-state index in [1.165, 1.54) is 6.20 Å². The number of carbonyl (C=O) groups excluding carboxylic acids is 1. The van der Waals surface area contributed by atoms with Crippen LogP contribution in [0.3, 0.4) is 0 Å². The van der Waals surface area contributed by atoms with Gasteiger partial charge in [-0.3, -0.25) is 14.3 Å². The van der Waals surface area contributed by atoms with Crippen molar-refractivity contribution in [3.63, 3.8) is 0 Å². The third-order valence-corrected chi connectivity index (χ3v) is 2.77. The van der Waals surface area contributed by atoms with Crippen molar-refractivity contribution in [1.82, 2.24) is 9.97 Å². The Bertz CT molecular complexity index is 619. The van der Waals surface area contributed by atoms with Crippen molar-refractivity contribution in [1.29, 1.82) is 0 Å². The van der Waals surface area contributed by atoms with E-state index in [-0.39, 0.29) is 5.56 Å². The number of aryl methyl sites for hydroxylation is 1. The lowest BCUT2D eigenvalue weighted by Gasteiger charge is -2.19. The van der Waals surface area contributed by atoms with Gasteiger partial charge in [0.05, 0.1) is 6.61 Å². The van der Waals surface area contributed by atoms with Gasteiger partial charge >= 0.3 is 13.5 Å². The second kappa shape index (κ2) is 9.41. The minimum Gasteiger partial charge on any atom is -0.394 e. The SMILES string of the molecule is Cc1c[nH]c(=O)[nH]c1=O.O=CC[C@H](OP(=O)(O)O)[C@H](O)CO. The van der Waals surface area contributed by atoms with Gasteiger partial charge in [-0.2, -0.15) is 0 Å². The van der Waals surface area contributed by atoms with Crippen molar-refractivity contribution < 1.29 is 33.9 Å². The van der Waals surface area contributed by atoms with E-state index in [1.54, 1.807) is 6.92 Å². The topological polar surface area (TPSA) is 190 Å². The molecule has 11 nitrogen and oxygen atoms in total. The van der Waals surface area contributed by atoms with Crippen molar-refractivity contribution in [2.24, 2.45) is 0 Å². The third kappa shape index (κ3) is 8.62. The molecule has 1 heterocycles. The first-order chi connectivity index (χ1) is 10.1. The fourth-order valence-corrected chi connectivity index (χ4v) is 1.72. The summed E-state index contributed by atoms with van der Waals surface area (Å²) in [6.07, 6.45) is -1.56. The lowest BCUT2D eigenvalue weighted by molar-refractivity contribution is -0.111. The summed E-state index contributed by atoms with van der Waals surface area (Å²) in [5, 5.41) is 17.4. The van der Waals surface area contributed by atoms with Gasteiger partial charge in [0, 0.05) is 18.2 Å². The highest BCUT2D eigenvalue weighted by Gasteiger charge is 2.27. The predicted molar refractivity (Wildman–Crippen MR) is 73.1 cm³/mol. The normalized spacial score (nSPS) is 13.7. The van der Waals surface area contributed by atoms with Gasteiger partial charge in [-0.05, 0) is 6.92 Å². The summed E-state index contributed by atoms with van der Waals surface area (Å²) in [5.74, 6) is 0. The van der Waals surface area contributed by atoms with Crippen LogP contribution in [0, 0.1) is 6.92 Å². The minimum absolute atomic E-state index is 0.333. The van der Waals surface area contributed by atoms with E-state index < -0.39 is 38.7 Å². The molecule has 0 aromatic carbocycles. The molecule has 0 aliphatic heterocycles. The number of hydrogen-bond acceptors (Lipinski definition) is 7. The molecule has 0 saturated carbocycles. The summed E-state index contributed by atoms with van der Waals surface area (Å²) in [6, 6.07) is 0. The number of aliphatic hydroxyl groups excluding tert-OH is 2. The Labute approximate surface area is 123 Å². The molecule has 12 heteroatoms. The highest BCUT2D eigenvalue weighted by molar-refractivity contribution is 7.46. The first-order valence-corrected chi connectivity index (χ1v) is 7.38.